The molecule has 34 heavy (non-hydrogen) atoms. The van der Waals surface area contributed by atoms with Crippen molar-refractivity contribution in [3.63, 3.8) is 0 Å². The zero-order chi connectivity index (χ0) is 24.2. The van der Waals surface area contributed by atoms with Gasteiger partial charge in [0.15, 0.2) is 0 Å². The van der Waals surface area contributed by atoms with Crippen LogP contribution in [0.5, 0.6) is 5.75 Å². The first kappa shape index (κ1) is 23.4. The Hall–Kier alpha value is -2.34. The van der Waals surface area contributed by atoms with Gasteiger partial charge in [-0.15, -0.1) is 11.8 Å². The van der Waals surface area contributed by atoms with E-state index in [-0.39, 0.29) is 6.09 Å². The van der Waals surface area contributed by atoms with Crippen LogP contribution in [0.4, 0.5) is 10.5 Å². The average Bonchev–Trinajstić information content (AvgIpc) is 2.96. The maximum atomic E-state index is 13.0. The van der Waals surface area contributed by atoms with Gasteiger partial charge in [0, 0.05) is 36.5 Å². The third-order valence-corrected chi connectivity index (χ3v) is 8.50. The minimum Gasteiger partial charge on any atom is -0.497 e. The largest absolute Gasteiger partial charge is 0.497 e. The minimum absolute atomic E-state index is 0.188. The normalized spacial score (nSPS) is 21.6. The second kappa shape index (κ2) is 8.71. The molecule has 2 unspecified atom stereocenters. The minimum atomic E-state index is -0.479. The number of carbonyl (C=O) groups excluding carboxylic acids is 1. The highest BCUT2D eigenvalue weighted by Gasteiger charge is 2.46. The van der Waals surface area contributed by atoms with Gasteiger partial charge in [-0.25, -0.2) is 4.79 Å². The van der Waals surface area contributed by atoms with E-state index in [4.69, 9.17) is 9.47 Å². The van der Waals surface area contributed by atoms with Gasteiger partial charge < -0.3 is 19.3 Å². The summed E-state index contributed by atoms with van der Waals surface area (Å²) in [5.74, 6) is 2.35. The number of amides is 1. The van der Waals surface area contributed by atoms with Crippen LogP contribution in [0.15, 0.2) is 29.2 Å². The Morgan fingerprint density at radius 3 is 2.62 bits per heavy atom. The van der Waals surface area contributed by atoms with Gasteiger partial charge >= 0.3 is 6.09 Å². The van der Waals surface area contributed by atoms with E-state index < -0.39 is 5.60 Å². The van der Waals surface area contributed by atoms with Crippen molar-refractivity contribution in [2.24, 2.45) is 0 Å². The molecule has 3 heterocycles. The second-order valence-electron chi connectivity index (χ2n) is 10.8. The van der Waals surface area contributed by atoms with Crippen molar-refractivity contribution in [1.29, 1.82) is 0 Å². The summed E-state index contributed by atoms with van der Waals surface area (Å²) < 4.78 is 11.2. The maximum absolute atomic E-state index is 13.0. The molecule has 5 rings (SSSR count). The smallest absolute Gasteiger partial charge is 0.410 e. The number of benzene rings is 2. The molecule has 3 aliphatic rings. The molecule has 1 fully saturated rings. The molecule has 0 saturated carbocycles. The van der Waals surface area contributed by atoms with E-state index in [1.807, 2.05) is 37.4 Å². The first-order valence-corrected chi connectivity index (χ1v) is 13.4. The summed E-state index contributed by atoms with van der Waals surface area (Å²) in [7, 11) is 1.72. The lowest BCUT2D eigenvalue weighted by Crippen LogP contribution is -2.49. The van der Waals surface area contributed by atoms with E-state index in [0.717, 1.165) is 37.6 Å². The van der Waals surface area contributed by atoms with Crippen LogP contribution in [0, 0.1) is 13.8 Å². The van der Waals surface area contributed by atoms with Crippen molar-refractivity contribution in [2.75, 3.05) is 37.4 Å². The van der Waals surface area contributed by atoms with Gasteiger partial charge in [0.25, 0.3) is 0 Å². The van der Waals surface area contributed by atoms with Crippen molar-refractivity contribution in [3.05, 3.63) is 41.0 Å². The molecule has 6 heteroatoms. The van der Waals surface area contributed by atoms with Crippen LogP contribution in [0.2, 0.25) is 0 Å². The summed E-state index contributed by atoms with van der Waals surface area (Å²) in [6.45, 7) is 12.8. The van der Waals surface area contributed by atoms with Crippen LogP contribution < -0.4 is 9.64 Å². The van der Waals surface area contributed by atoms with Crippen LogP contribution in [0.1, 0.15) is 56.2 Å². The standard InChI is InChI=1S/C28H36N2O3S/c1-17-14-19(32-6)8-9-20(17)21-15-24-26-25(18(21)2)22-16-29(27(31)33-28(3,4)5)12-10-23(22)30(26)11-7-13-34-24/h8-9,14-15,22-23H,7,10-13,16H2,1-6H3. The molecule has 0 N–H and O–H groups in total. The van der Waals surface area contributed by atoms with Crippen molar-refractivity contribution in [3.8, 4) is 16.9 Å². The fraction of sp³-hybridized carbons (Fsp3) is 0.536. The van der Waals surface area contributed by atoms with Gasteiger partial charge in [-0.2, -0.15) is 0 Å². The van der Waals surface area contributed by atoms with Crippen LogP contribution >= 0.6 is 11.8 Å². The van der Waals surface area contributed by atoms with E-state index in [0.29, 0.717) is 12.0 Å². The van der Waals surface area contributed by atoms with Gasteiger partial charge in [-0.05, 0) is 99.2 Å². The number of rotatable bonds is 2. The second-order valence-corrected chi connectivity index (χ2v) is 11.9. The highest BCUT2D eigenvalue weighted by molar-refractivity contribution is 7.99. The van der Waals surface area contributed by atoms with E-state index in [1.165, 1.54) is 44.8 Å². The summed E-state index contributed by atoms with van der Waals surface area (Å²) >= 11 is 1.99. The predicted molar refractivity (Wildman–Crippen MR) is 140 cm³/mol. The van der Waals surface area contributed by atoms with E-state index in [1.54, 1.807) is 7.11 Å². The number of thioether (sulfide) groups is 1. The molecule has 3 aliphatic heterocycles. The van der Waals surface area contributed by atoms with Crippen LogP contribution in [-0.4, -0.2) is 55.1 Å². The monoisotopic (exact) mass is 480 g/mol. The summed E-state index contributed by atoms with van der Waals surface area (Å²) in [6, 6.07) is 9.23. The van der Waals surface area contributed by atoms with Crippen LogP contribution in [0.3, 0.4) is 0 Å². The lowest BCUT2D eigenvalue weighted by atomic mass is 9.84. The predicted octanol–water partition coefficient (Wildman–Crippen LogP) is 6.39. The van der Waals surface area contributed by atoms with Crippen molar-refractivity contribution in [1.82, 2.24) is 4.90 Å². The van der Waals surface area contributed by atoms with Crippen molar-refractivity contribution >= 4 is 23.5 Å². The zero-order valence-electron chi connectivity index (χ0n) is 21.2. The highest BCUT2D eigenvalue weighted by atomic mass is 32.2. The fourth-order valence-corrected chi connectivity index (χ4v) is 6.98. The van der Waals surface area contributed by atoms with Crippen molar-refractivity contribution < 1.29 is 14.3 Å². The highest BCUT2D eigenvalue weighted by Crippen LogP contribution is 2.54. The maximum Gasteiger partial charge on any atom is 0.410 e. The summed E-state index contributed by atoms with van der Waals surface area (Å²) in [4.78, 5) is 18.9. The number of likely N-dealkylation sites (tertiary alicyclic amines) is 1. The van der Waals surface area contributed by atoms with E-state index in [9.17, 15) is 4.79 Å². The lowest BCUT2D eigenvalue weighted by Gasteiger charge is -2.39. The topological polar surface area (TPSA) is 42.0 Å². The fourth-order valence-electron chi connectivity index (χ4n) is 5.92. The zero-order valence-corrected chi connectivity index (χ0v) is 22.1. The number of ether oxygens (including phenoxy) is 2. The number of anilines is 1. The number of aryl methyl sites for hydroxylation is 1. The Bertz CT molecular complexity index is 1120. The molecule has 5 nitrogen and oxygen atoms in total. The third kappa shape index (κ3) is 4.04. The first-order chi connectivity index (χ1) is 16.2. The molecule has 1 saturated heterocycles. The van der Waals surface area contributed by atoms with Gasteiger partial charge in [0.05, 0.1) is 12.8 Å². The molecule has 0 radical (unpaired) electrons. The molecule has 0 spiro atoms. The SMILES string of the molecule is COc1ccc(-c2cc3c4c(c2C)C2CN(C(=O)OC(C)(C)C)CCC2N4CCCS3)c(C)c1. The quantitative estimate of drug-likeness (QED) is 0.498. The van der Waals surface area contributed by atoms with Gasteiger partial charge in [0.2, 0.25) is 0 Å². The van der Waals surface area contributed by atoms with Crippen LogP contribution in [0.25, 0.3) is 11.1 Å². The number of hydrogen-bond acceptors (Lipinski definition) is 5. The molecule has 0 bridgehead atoms. The Morgan fingerprint density at radius 2 is 1.91 bits per heavy atom. The number of piperidine rings is 1. The summed E-state index contributed by atoms with van der Waals surface area (Å²) in [5, 5.41) is 0. The Kier molecular flexibility index (Phi) is 5.99. The molecule has 2 atom stereocenters. The molecular weight excluding hydrogens is 444 g/mol. The summed E-state index contributed by atoms with van der Waals surface area (Å²) in [5.41, 5.74) is 7.52. The Balaban J connectivity index is 1.59. The Labute approximate surface area is 207 Å². The lowest BCUT2D eigenvalue weighted by molar-refractivity contribution is 0.0189. The molecule has 0 aromatic heterocycles. The average molecular weight is 481 g/mol. The van der Waals surface area contributed by atoms with Crippen molar-refractivity contribution in [2.45, 2.75) is 69.9 Å². The first-order valence-electron chi connectivity index (χ1n) is 12.4. The summed E-state index contributed by atoms with van der Waals surface area (Å²) in [6.07, 6.45) is 1.99. The molecule has 0 aliphatic carbocycles. The van der Waals surface area contributed by atoms with E-state index in [2.05, 4.69) is 43.0 Å². The Morgan fingerprint density at radius 1 is 1.12 bits per heavy atom. The number of fused-ring (bicyclic) bond motifs is 3. The molecule has 182 valence electrons. The number of carbonyl (C=O) groups is 1. The molecular formula is C28H36N2O3S. The number of nitrogens with zero attached hydrogens (tertiary/aromatic N) is 2. The number of methoxy groups -OCH3 is 1. The molecule has 2 aromatic rings. The van der Waals surface area contributed by atoms with Crippen LogP contribution in [-0.2, 0) is 4.74 Å². The van der Waals surface area contributed by atoms with Gasteiger partial charge in [-0.1, -0.05) is 6.07 Å². The third-order valence-electron chi connectivity index (χ3n) is 7.38. The van der Waals surface area contributed by atoms with Gasteiger partial charge in [-0.3, -0.25) is 0 Å². The number of hydrogen-bond donors (Lipinski definition) is 0. The van der Waals surface area contributed by atoms with Gasteiger partial charge in [0.1, 0.15) is 11.4 Å². The molecule has 1 amide bonds. The van der Waals surface area contributed by atoms with E-state index >= 15 is 0 Å². The molecule has 2 aromatic carbocycles.